The summed E-state index contributed by atoms with van der Waals surface area (Å²) in [7, 11) is 2.37. The second kappa shape index (κ2) is 4.16. The fourth-order valence-corrected chi connectivity index (χ4v) is 1.76. The maximum absolute atomic E-state index is 11.2. The molecule has 0 aliphatic heterocycles. The molecule has 0 unspecified atom stereocenters. The molecule has 1 aromatic rings. The van der Waals surface area contributed by atoms with Gasteiger partial charge in [-0.1, -0.05) is 0 Å². The van der Waals surface area contributed by atoms with Crippen LogP contribution in [-0.4, -0.2) is 26.5 Å². The van der Waals surface area contributed by atoms with E-state index < -0.39 is 15.0 Å². The molecule has 0 radical (unpaired) electrons. The average molecular weight is 250 g/mol. The summed E-state index contributed by atoms with van der Waals surface area (Å²) in [6.07, 6.45) is 0. The van der Waals surface area contributed by atoms with E-state index in [2.05, 4.69) is 9.72 Å². The lowest BCUT2D eigenvalue weighted by atomic mass is 10.2. The van der Waals surface area contributed by atoms with E-state index in [0.29, 0.717) is 5.69 Å². The zero-order valence-corrected chi connectivity index (χ0v) is 9.59. The van der Waals surface area contributed by atoms with E-state index in [4.69, 9.17) is 10.7 Å². The molecule has 0 saturated heterocycles. The van der Waals surface area contributed by atoms with Crippen molar-refractivity contribution < 1.29 is 17.9 Å². The van der Waals surface area contributed by atoms with Crippen molar-refractivity contribution in [3.05, 3.63) is 23.4 Å². The minimum atomic E-state index is -3.94. The fraction of sp³-hybridized carbons (Fsp3) is 0.250. The van der Waals surface area contributed by atoms with Crippen LogP contribution in [0.3, 0.4) is 0 Å². The summed E-state index contributed by atoms with van der Waals surface area (Å²) in [5.41, 5.74) is 0.473. The van der Waals surface area contributed by atoms with Crippen molar-refractivity contribution in [2.75, 3.05) is 7.11 Å². The summed E-state index contributed by atoms with van der Waals surface area (Å²) >= 11 is 0. The predicted molar refractivity (Wildman–Crippen MR) is 53.4 cm³/mol. The number of methoxy groups -OCH3 is 1. The second-order valence-corrected chi connectivity index (χ2v) is 5.28. The molecule has 0 bridgehead atoms. The third-order valence-electron chi connectivity index (χ3n) is 1.60. The zero-order valence-electron chi connectivity index (χ0n) is 8.02. The number of nitrogens with zero attached hydrogens (tertiary/aromatic N) is 1. The summed E-state index contributed by atoms with van der Waals surface area (Å²) in [6, 6.07) is 2.48. The number of hydrogen-bond donors (Lipinski definition) is 0. The van der Waals surface area contributed by atoms with Crippen molar-refractivity contribution in [3.8, 4) is 0 Å². The molecule has 15 heavy (non-hydrogen) atoms. The van der Waals surface area contributed by atoms with Gasteiger partial charge in [-0.25, -0.2) is 18.2 Å². The Kier molecular flexibility index (Phi) is 3.31. The molecule has 0 aliphatic carbocycles. The first kappa shape index (κ1) is 11.9. The van der Waals surface area contributed by atoms with Gasteiger partial charge >= 0.3 is 5.97 Å². The van der Waals surface area contributed by atoms with Crippen LogP contribution in [0.2, 0.25) is 0 Å². The molecule has 82 valence electrons. The van der Waals surface area contributed by atoms with Gasteiger partial charge < -0.3 is 4.74 Å². The van der Waals surface area contributed by atoms with Crippen LogP contribution in [0.15, 0.2) is 17.2 Å². The Morgan fingerprint density at radius 2 is 2.07 bits per heavy atom. The van der Waals surface area contributed by atoms with Crippen LogP contribution in [0.5, 0.6) is 0 Å². The highest BCUT2D eigenvalue weighted by Gasteiger charge is 2.16. The topological polar surface area (TPSA) is 73.3 Å². The minimum absolute atomic E-state index is 0.101. The van der Waals surface area contributed by atoms with Gasteiger partial charge in [0.15, 0.2) is 5.03 Å². The first-order valence-electron chi connectivity index (χ1n) is 3.86. The van der Waals surface area contributed by atoms with E-state index in [0.717, 1.165) is 6.07 Å². The highest BCUT2D eigenvalue weighted by molar-refractivity contribution is 8.13. The third-order valence-corrected chi connectivity index (χ3v) is 2.78. The summed E-state index contributed by atoms with van der Waals surface area (Å²) in [5, 5.41) is -0.357. The Labute approximate surface area is 91.5 Å². The van der Waals surface area contributed by atoms with Gasteiger partial charge in [0.25, 0.3) is 9.05 Å². The molecule has 0 N–H and O–H groups in total. The molecule has 0 saturated carbocycles. The van der Waals surface area contributed by atoms with E-state index in [-0.39, 0.29) is 10.6 Å². The Hall–Kier alpha value is -1.14. The molecule has 0 spiro atoms. The maximum Gasteiger partial charge on any atom is 0.338 e. The highest BCUT2D eigenvalue weighted by atomic mass is 35.7. The summed E-state index contributed by atoms with van der Waals surface area (Å²) < 4.78 is 26.5. The van der Waals surface area contributed by atoms with E-state index in [1.54, 1.807) is 6.92 Å². The molecule has 7 heteroatoms. The first-order chi connectivity index (χ1) is 6.84. The largest absolute Gasteiger partial charge is 0.465 e. The van der Waals surface area contributed by atoms with Crippen LogP contribution in [0, 0.1) is 6.92 Å². The van der Waals surface area contributed by atoms with Crippen molar-refractivity contribution in [2.45, 2.75) is 11.9 Å². The quantitative estimate of drug-likeness (QED) is 0.580. The lowest BCUT2D eigenvalue weighted by molar-refractivity contribution is 0.0600. The number of carbonyl (C=O) groups is 1. The molecule has 5 nitrogen and oxygen atoms in total. The molecule has 1 heterocycles. The van der Waals surface area contributed by atoms with Crippen LogP contribution in [-0.2, 0) is 13.8 Å². The van der Waals surface area contributed by atoms with E-state index in [1.165, 1.54) is 13.2 Å². The van der Waals surface area contributed by atoms with E-state index in [9.17, 15) is 13.2 Å². The monoisotopic (exact) mass is 249 g/mol. The van der Waals surface area contributed by atoms with E-state index in [1.807, 2.05) is 0 Å². The SMILES string of the molecule is COC(=O)c1cc(C)nc(S(=O)(=O)Cl)c1. The molecule has 0 atom stereocenters. The first-order valence-corrected chi connectivity index (χ1v) is 6.17. The molecule has 0 amide bonds. The molecule has 1 aromatic heterocycles. The van der Waals surface area contributed by atoms with Crippen molar-refractivity contribution in [2.24, 2.45) is 0 Å². The Bertz CT molecular complexity index is 497. The number of aromatic nitrogens is 1. The van der Waals surface area contributed by atoms with Crippen molar-refractivity contribution in [1.29, 1.82) is 0 Å². The molecular weight excluding hydrogens is 242 g/mol. The van der Waals surface area contributed by atoms with Gasteiger partial charge in [0.2, 0.25) is 0 Å². The van der Waals surface area contributed by atoms with Gasteiger partial charge in [0.1, 0.15) is 0 Å². The second-order valence-electron chi connectivity index (χ2n) is 2.76. The van der Waals surface area contributed by atoms with E-state index >= 15 is 0 Å². The lowest BCUT2D eigenvalue weighted by Crippen LogP contribution is -2.05. The highest BCUT2D eigenvalue weighted by Crippen LogP contribution is 2.15. The number of halogens is 1. The van der Waals surface area contributed by atoms with Gasteiger partial charge in [0.05, 0.1) is 12.7 Å². The molecule has 1 rings (SSSR count). The lowest BCUT2D eigenvalue weighted by Gasteiger charge is -2.02. The smallest absolute Gasteiger partial charge is 0.338 e. The Morgan fingerprint density at radius 3 is 2.53 bits per heavy atom. The minimum Gasteiger partial charge on any atom is -0.465 e. The van der Waals surface area contributed by atoms with Crippen molar-refractivity contribution in [3.63, 3.8) is 0 Å². The number of ether oxygens (including phenoxy) is 1. The van der Waals surface area contributed by atoms with Gasteiger partial charge in [-0.2, -0.15) is 0 Å². The van der Waals surface area contributed by atoms with Crippen LogP contribution in [0.25, 0.3) is 0 Å². The van der Waals surface area contributed by atoms with Gasteiger partial charge in [0, 0.05) is 16.4 Å². The maximum atomic E-state index is 11.2. The normalized spacial score (nSPS) is 11.1. The van der Waals surface area contributed by atoms with Gasteiger partial charge in [-0.3, -0.25) is 0 Å². The predicted octanol–water partition coefficient (Wildman–Crippen LogP) is 1.10. The Morgan fingerprint density at radius 1 is 1.47 bits per heavy atom. The average Bonchev–Trinajstić information content (AvgIpc) is 2.14. The molecule has 0 aromatic carbocycles. The zero-order chi connectivity index (χ0) is 11.6. The Balaban J connectivity index is 3.35. The van der Waals surface area contributed by atoms with Crippen molar-refractivity contribution in [1.82, 2.24) is 4.98 Å². The van der Waals surface area contributed by atoms with Gasteiger partial charge in [-0.15, -0.1) is 0 Å². The summed E-state index contributed by atoms with van der Waals surface area (Å²) in [4.78, 5) is 14.9. The number of pyridine rings is 1. The molecule has 0 fully saturated rings. The summed E-state index contributed by atoms with van der Waals surface area (Å²) in [5.74, 6) is -0.637. The molecular formula is C8H8ClNO4S. The van der Waals surface area contributed by atoms with Crippen LogP contribution >= 0.6 is 10.7 Å². The number of rotatable bonds is 2. The van der Waals surface area contributed by atoms with Gasteiger partial charge in [-0.05, 0) is 19.1 Å². The van der Waals surface area contributed by atoms with Crippen LogP contribution in [0.1, 0.15) is 16.1 Å². The van der Waals surface area contributed by atoms with Crippen molar-refractivity contribution >= 4 is 25.7 Å². The molecule has 0 aliphatic rings. The van der Waals surface area contributed by atoms with Crippen LogP contribution in [0.4, 0.5) is 0 Å². The number of carbonyl (C=O) groups excluding carboxylic acids is 1. The summed E-state index contributed by atoms with van der Waals surface area (Å²) in [6.45, 7) is 1.55. The number of hydrogen-bond acceptors (Lipinski definition) is 5. The number of esters is 1. The fourth-order valence-electron chi connectivity index (χ4n) is 0.999. The van der Waals surface area contributed by atoms with Crippen LogP contribution < -0.4 is 0 Å². The number of aryl methyl sites for hydroxylation is 1. The third kappa shape index (κ3) is 2.90. The standard InChI is InChI=1S/C8H8ClNO4S/c1-5-3-6(8(11)14-2)4-7(10-5)15(9,12)13/h3-4H,1-2H3.